The van der Waals surface area contributed by atoms with Crippen LogP contribution in [0.4, 0.5) is 0 Å². The number of methoxy groups -OCH3 is 1. The Morgan fingerprint density at radius 3 is 2.52 bits per heavy atom. The van der Waals surface area contributed by atoms with Crippen molar-refractivity contribution in [2.24, 2.45) is 22.7 Å². The van der Waals surface area contributed by atoms with Gasteiger partial charge in [-0.15, -0.1) is 0 Å². The van der Waals surface area contributed by atoms with Crippen LogP contribution in [0, 0.1) is 22.7 Å². The van der Waals surface area contributed by atoms with E-state index in [0.29, 0.717) is 12.3 Å². The van der Waals surface area contributed by atoms with E-state index in [1.165, 1.54) is 13.2 Å². The molecule has 6 unspecified atom stereocenters. The highest BCUT2D eigenvalue weighted by molar-refractivity contribution is 5.82. The van der Waals surface area contributed by atoms with Gasteiger partial charge in [-0.25, -0.2) is 4.79 Å². The molecule has 2 saturated carbocycles. The Balaban J connectivity index is 2.32. The first-order valence-corrected chi connectivity index (χ1v) is 9.64. The Labute approximate surface area is 152 Å². The van der Waals surface area contributed by atoms with Gasteiger partial charge in [0.05, 0.1) is 18.8 Å². The molecule has 0 bridgehead atoms. The van der Waals surface area contributed by atoms with Gasteiger partial charge in [-0.05, 0) is 68.6 Å². The van der Waals surface area contributed by atoms with Gasteiger partial charge in [0.15, 0.2) is 0 Å². The number of rotatable bonds is 4. The summed E-state index contributed by atoms with van der Waals surface area (Å²) in [7, 11) is 1.36. The molecule has 4 nitrogen and oxygen atoms in total. The van der Waals surface area contributed by atoms with Gasteiger partial charge in [0.25, 0.3) is 0 Å². The van der Waals surface area contributed by atoms with Crippen molar-refractivity contribution in [1.82, 2.24) is 0 Å². The summed E-state index contributed by atoms with van der Waals surface area (Å²) in [6, 6.07) is 0. The summed E-state index contributed by atoms with van der Waals surface area (Å²) in [6.45, 7) is 10.5. The first kappa shape index (κ1) is 20.4. The zero-order valence-electron chi connectivity index (χ0n) is 16.8. The van der Waals surface area contributed by atoms with E-state index in [1.807, 2.05) is 13.8 Å². The van der Waals surface area contributed by atoms with E-state index in [4.69, 9.17) is 4.74 Å². The van der Waals surface area contributed by atoms with Gasteiger partial charge in [-0.3, -0.25) is 0 Å². The number of carbonyl (C=O) groups excluding carboxylic acids is 1. The predicted molar refractivity (Wildman–Crippen MR) is 99.0 cm³/mol. The van der Waals surface area contributed by atoms with Crippen molar-refractivity contribution in [2.45, 2.75) is 84.8 Å². The number of ether oxygens (including phenoxy) is 1. The van der Waals surface area contributed by atoms with Crippen LogP contribution in [0.2, 0.25) is 0 Å². The fraction of sp³-hybridized carbons (Fsp3) is 0.857. The lowest BCUT2D eigenvalue weighted by molar-refractivity contribution is -0.214. The largest absolute Gasteiger partial charge is 0.466 e. The van der Waals surface area contributed by atoms with Crippen LogP contribution >= 0.6 is 0 Å². The normalized spacial score (nSPS) is 43.3. The molecular formula is C21H36O4. The van der Waals surface area contributed by atoms with Crippen LogP contribution in [0.1, 0.15) is 73.1 Å². The molecule has 0 radical (unpaired) electrons. The van der Waals surface area contributed by atoms with Crippen molar-refractivity contribution >= 4 is 5.97 Å². The topological polar surface area (TPSA) is 66.8 Å². The third-order valence-corrected chi connectivity index (χ3v) is 7.86. The minimum Gasteiger partial charge on any atom is -0.466 e. The van der Waals surface area contributed by atoms with Crippen LogP contribution in [0.3, 0.4) is 0 Å². The van der Waals surface area contributed by atoms with Gasteiger partial charge in [-0.2, -0.15) is 0 Å². The number of carbonyl (C=O) groups is 1. The molecule has 0 saturated heterocycles. The van der Waals surface area contributed by atoms with E-state index in [0.717, 1.165) is 37.7 Å². The smallest absolute Gasteiger partial charge is 0.330 e. The lowest BCUT2D eigenvalue weighted by Gasteiger charge is -2.63. The molecule has 0 aromatic rings. The number of aliphatic hydroxyl groups is 2. The van der Waals surface area contributed by atoms with Crippen molar-refractivity contribution in [3.63, 3.8) is 0 Å². The third kappa shape index (κ3) is 3.40. The summed E-state index contributed by atoms with van der Waals surface area (Å²) in [5.41, 5.74) is -0.299. The summed E-state index contributed by atoms with van der Waals surface area (Å²) in [6.07, 6.45) is 6.29. The van der Waals surface area contributed by atoms with E-state index in [9.17, 15) is 15.0 Å². The number of esters is 1. The number of hydrogen-bond acceptors (Lipinski definition) is 4. The molecule has 2 rings (SSSR count). The SMILES string of the molecule is COC(=O)C=C(C)CC(O)C1(C)C(C)CCC2(C)C1CCCC2(C)O. The van der Waals surface area contributed by atoms with Crippen LogP contribution in [0.25, 0.3) is 0 Å². The van der Waals surface area contributed by atoms with E-state index in [-0.39, 0.29) is 22.7 Å². The first-order valence-electron chi connectivity index (χ1n) is 9.64. The van der Waals surface area contributed by atoms with E-state index >= 15 is 0 Å². The van der Waals surface area contributed by atoms with Crippen molar-refractivity contribution in [1.29, 1.82) is 0 Å². The Kier molecular flexibility index (Phi) is 5.75. The van der Waals surface area contributed by atoms with E-state index in [2.05, 4.69) is 20.8 Å². The number of fused-ring (bicyclic) bond motifs is 1. The highest BCUT2D eigenvalue weighted by atomic mass is 16.5. The average Bonchev–Trinajstić information content (AvgIpc) is 2.52. The molecule has 0 aromatic heterocycles. The molecule has 0 aliphatic heterocycles. The second kappa shape index (κ2) is 7.03. The summed E-state index contributed by atoms with van der Waals surface area (Å²) >= 11 is 0. The quantitative estimate of drug-likeness (QED) is 0.596. The maximum absolute atomic E-state index is 11.5. The highest BCUT2D eigenvalue weighted by Gasteiger charge is 2.61. The fourth-order valence-corrected chi connectivity index (χ4v) is 5.65. The molecule has 2 aliphatic rings. The van der Waals surface area contributed by atoms with Crippen LogP contribution in [0.15, 0.2) is 11.6 Å². The summed E-state index contributed by atoms with van der Waals surface area (Å²) in [5, 5.41) is 22.3. The van der Waals surface area contributed by atoms with Crippen LogP contribution in [-0.2, 0) is 9.53 Å². The third-order valence-electron chi connectivity index (χ3n) is 7.86. The molecule has 2 fully saturated rings. The number of hydrogen-bond donors (Lipinski definition) is 2. The maximum Gasteiger partial charge on any atom is 0.330 e. The molecule has 25 heavy (non-hydrogen) atoms. The second-order valence-corrected chi connectivity index (χ2v) is 9.18. The molecule has 0 spiro atoms. The zero-order valence-corrected chi connectivity index (χ0v) is 16.8. The lowest BCUT2D eigenvalue weighted by atomic mass is 9.43. The van der Waals surface area contributed by atoms with Gasteiger partial charge in [-0.1, -0.05) is 32.8 Å². The van der Waals surface area contributed by atoms with Crippen molar-refractivity contribution in [2.75, 3.05) is 7.11 Å². The minimum absolute atomic E-state index is 0.173. The summed E-state index contributed by atoms with van der Waals surface area (Å²) in [4.78, 5) is 11.5. The standard InChI is InChI=1S/C21H36O4/c1-14(13-18(23)25-6)12-17(22)21(5)15(2)9-11-19(3)16(21)8-7-10-20(19,4)24/h13,15-17,22,24H,7-12H2,1-6H3. The Morgan fingerprint density at radius 1 is 1.28 bits per heavy atom. The first-order chi connectivity index (χ1) is 11.5. The van der Waals surface area contributed by atoms with E-state index in [1.54, 1.807) is 0 Å². The Hall–Kier alpha value is -0.870. The van der Waals surface area contributed by atoms with Gasteiger partial charge >= 0.3 is 5.97 Å². The van der Waals surface area contributed by atoms with Gasteiger partial charge in [0, 0.05) is 6.08 Å². The Bertz CT molecular complexity index is 538. The molecule has 4 heteroatoms. The van der Waals surface area contributed by atoms with Gasteiger partial charge in [0.1, 0.15) is 0 Å². The predicted octanol–water partition coefficient (Wildman–Crippen LogP) is 3.85. The molecule has 6 atom stereocenters. The molecule has 0 amide bonds. The second-order valence-electron chi connectivity index (χ2n) is 9.18. The fourth-order valence-electron chi connectivity index (χ4n) is 5.65. The molecule has 0 heterocycles. The van der Waals surface area contributed by atoms with Gasteiger partial charge < -0.3 is 14.9 Å². The van der Waals surface area contributed by atoms with Crippen LogP contribution in [-0.4, -0.2) is 35.0 Å². The molecule has 0 aromatic carbocycles. The van der Waals surface area contributed by atoms with Crippen LogP contribution < -0.4 is 0 Å². The van der Waals surface area contributed by atoms with Crippen LogP contribution in [0.5, 0.6) is 0 Å². The monoisotopic (exact) mass is 352 g/mol. The van der Waals surface area contributed by atoms with Crippen molar-refractivity contribution in [3.8, 4) is 0 Å². The maximum atomic E-state index is 11.5. The summed E-state index contributed by atoms with van der Waals surface area (Å²) < 4.78 is 4.69. The molecule has 2 aliphatic carbocycles. The van der Waals surface area contributed by atoms with Crippen molar-refractivity contribution < 1.29 is 19.7 Å². The number of aliphatic hydroxyl groups excluding tert-OH is 1. The molecule has 2 N–H and O–H groups in total. The lowest BCUT2D eigenvalue weighted by Crippen LogP contribution is -2.62. The minimum atomic E-state index is -0.687. The average molecular weight is 353 g/mol. The van der Waals surface area contributed by atoms with Gasteiger partial charge in [0.2, 0.25) is 0 Å². The summed E-state index contributed by atoms with van der Waals surface area (Å²) in [5.74, 6) is 0.269. The van der Waals surface area contributed by atoms with Crippen molar-refractivity contribution in [3.05, 3.63) is 11.6 Å². The highest BCUT2D eigenvalue weighted by Crippen LogP contribution is 2.64. The van der Waals surface area contributed by atoms with E-state index < -0.39 is 11.7 Å². The zero-order chi connectivity index (χ0) is 19.0. The molecule has 144 valence electrons. The molecular weight excluding hydrogens is 316 g/mol. The Morgan fingerprint density at radius 2 is 1.92 bits per heavy atom.